The molecule has 8 aromatic carbocycles. The minimum atomic E-state index is -0.0859. The van der Waals surface area contributed by atoms with E-state index in [4.69, 9.17) is 0 Å². The number of hydrogen-bond donors (Lipinski definition) is 0. The molecule has 55 heavy (non-hydrogen) atoms. The van der Waals surface area contributed by atoms with Crippen molar-refractivity contribution in [1.82, 2.24) is 9.13 Å². The summed E-state index contributed by atoms with van der Waals surface area (Å²) in [5.41, 5.74) is 23.2. The second kappa shape index (κ2) is 9.13. The van der Waals surface area contributed by atoms with Crippen molar-refractivity contribution in [3.05, 3.63) is 162 Å². The van der Waals surface area contributed by atoms with E-state index in [9.17, 15) is 0 Å². The Morgan fingerprint density at radius 3 is 1.55 bits per heavy atom. The van der Waals surface area contributed by atoms with Gasteiger partial charge < -0.3 is 9.13 Å². The number of para-hydroxylation sites is 2. The summed E-state index contributed by atoms with van der Waals surface area (Å²) in [5, 5.41) is 7.95. The zero-order chi connectivity index (χ0) is 36.3. The first-order valence-corrected chi connectivity index (χ1v) is 19.8. The molecular weight excluding hydrogens is 663 g/mol. The first-order valence-electron chi connectivity index (χ1n) is 19.8. The van der Waals surface area contributed by atoms with Gasteiger partial charge >= 0.3 is 0 Å². The third-order valence-electron chi connectivity index (χ3n) is 14.5. The second-order valence-corrected chi connectivity index (χ2v) is 17.6. The van der Waals surface area contributed by atoms with Crippen LogP contribution in [0, 0.1) is 0 Å². The average molecular weight is 699 g/mol. The summed E-state index contributed by atoms with van der Waals surface area (Å²) in [6.45, 7) is 9.72. The molecule has 4 aliphatic rings. The Balaban J connectivity index is 1.17. The minimum Gasteiger partial charge on any atom is -0.310 e. The van der Waals surface area contributed by atoms with Gasteiger partial charge in [0, 0.05) is 54.5 Å². The highest BCUT2D eigenvalue weighted by molar-refractivity contribution is 7.00. The van der Waals surface area contributed by atoms with Crippen molar-refractivity contribution in [2.45, 2.75) is 38.5 Å². The molecule has 10 aromatic rings. The fourth-order valence-corrected chi connectivity index (χ4v) is 12.0. The van der Waals surface area contributed by atoms with Crippen molar-refractivity contribution >= 4 is 77.5 Å². The molecule has 0 N–H and O–H groups in total. The van der Waals surface area contributed by atoms with E-state index in [1.165, 1.54) is 127 Å². The molecule has 4 heterocycles. The van der Waals surface area contributed by atoms with Gasteiger partial charge in [0.25, 0.3) is 6.71 Å². The Bertz CT molecular complexity index is 3500. The molecular formula is C52H35BN2. The van der Waals surface area contributed by atoms with E-state index < -0.39 is 0 Å². The third kappa shape index (κ3) is 3.12. The van der Waals surface area contributed by atoms with Gasteiger partial charge in [-0.05, 0) is 96.6 Å². The fourth-order valence-electron chi connectivity index (χ4n) is 12.0. The van der Waals surface area contributed by atoms with Crippen LogP contribution in [0.5, 0.6) is 0 Å². The molecule has 0 amide bonds. The molecule has 0 fully saturated rings. The maximum Gasteiger partial charge on any atom is 0.252 e. The normalized spacial score (nSPS) is 15.9. The number of hydrogen-bond acceptors (Lipinski definition) is 0. The van der Waals surface area contributed by atoms with Gasteiger partial charge in [0.15, 0.2) is 0 Å². The Hall–Kier alpha value is -6.32. The lowest BCUT2D eigenvalue weighted by Crippen LogP contribution is -2.59. The highest BCUT2D eigenvalue weighted by atomic mass is 15.0. The number of rotatable bonds is 0. The molecule has 2 aliphatic heterocycles. The van der Waals surface area contributed by atoms with Gasteiger partial charge in [0.05, 0.1) is 16.7 Å². The quantitative estimate of drug-likeness (QED) is 0.140. The van der Waals surface area contributed by atoms with E-state index in [0.29, 0.717) is 0 Å². The van der Waals surface area contributed by atoms with E-state index in [0.717, 1.165) is 0 Å². The molecule has 0 saturated carbocycles. The van der Waals surface area contributed by atoms with E-state index in [1.54, 1.807) is 0 Å². The zero-order valence-electron chi connectivity index (χ0n) is 31.3. The molecule has 0 bridgehead atoms. The number of nitrogens with zero attached hydrogens (tertiary/aromatic N) is 2. The highest BCUT2D eigenvalue weighted by Gasteiger charge is 2.44. The second-order valence-electron chi connectivity index (χ2n) is 17.6. The summed E-state index contributed by atoms with van der Waals surface area (Å²) in [6.07, 6.45) is 0. The first-order chi connectivity index (χ1) is 26.8. The predicted octanol–water partition coefficient (Wildman–Crippen LogP) is 10.8. The summed E-state index contributed by atoms with van der Waals surface area (Å²) in [5.74, 6) is 0. The Morgan fingerprint density at radius 1 is 0.418 bits per heavy atom. The number of fused-ring (bicyclic) bond motifs is 18. The molecule has 0 atom stereocenters. The lowest BCUT2D eigenvalue weighted by molar-refractivity contribution is 0.661. The van der Waals surface area contributed by atoms with Crippen LogP contribution in [0.1, 0.15) is 49.9 Å². The smallest absolute Gasteiger partial charge is 0.252 e. The summed E-state index contributed by atoms with van der Waals surface area (Å²) < 4.78 is 5.32. The van der Waals surface area contributed by atoms with E-state index >= 15 is 0 Å². The summed E-state index contributed by atoms with van der Waals surface area (Å²) in [6, 6.07) is 54.0. The van der Waals surface area contributed by atoms with Gasteiger partial charge in [-0.25, -0.2) is 0 Å². The van der Waals surface area contributed by atoms with Crippen LogP contribution < -0.4 is 16.4 Å². The first kappa shape index (κ1) is 29.1. The van der Waals surface area contributed by atoms with E-state index in [1.807, 2.05) is 0 Å². The maximum absolute atomic E-state index is 2.67. The van der Waals surface area contributed by atoms with Crippen molar-refractivity contribution in [3.8, 4) is 33.6 Å². The molecule has 0 unspecified atom stereocenters. The molecule has 256 valence electrons. The van der Waals surface area contributed by atoms with Gasteiger partial charge in [-0.15, -0.1) is 0 Å². The minimum absolute atomic E-state index is 0.0814. The zero-order valence-corrected chi connectivity index (χ0v) is 31.3. The molecule has 0 spiro atoms. The van der Waals surface area contributed by atoms with Crippen molar-refractivity contribution in [2.75, 3.05) is 0 Å². The highest BCUT2D eigenvalue weighted by Crippen LogP contribution is 2.53. The SMILES string of the molecule is CC1(C)c2ccccc2-c2cc3c4cccc5c4n(c3cc21)-c1cc2ccccc2c2c1B5c1cccc3c4cc5c(cc4n-2c13)C(C)(C)c1ccccc1-5. The van der Waals surface area contributed by atoms with Crippen LogP contribution in [-0.2, 0) is 10.8 Å². The van der Waals surface area contributed by atoms with Gasteiger partial charge in [0.2, 0.25) is 0 Å². The average Bonchev–Trinajstić information content (AvgIpc) is 3.86. The van der Waals surface area contributed by atoms with Crippen LogP contribution in [0.4, 0.5) is 0 Å². The lowest BCUT2D eigenvalue weighted by atomic mass is 9.34. The molecule has 0 radical (unpaired) electrons. The van der Waals surface area contributed by atoms with Gasteiger partial charge in [-0.1, -0.05) is 137 Å². The van der Waals surface area contributed by atoms with Gasteiger partial charge in [-0.2, -0.15) is 0 Å². The van der Waals surface area contributed by atoms with Crippen LogP contribution >= 0.6 is 0 Å². The molecule has 2 aromatic heterocycles. The standard InChI is InChI=1S/C52H35BN2/c1-51(2)38-19-9-7-15-30(38)34-24-36-32-17-11-21-42-48(32)54(44(36)26-40(34)51)46-23-28-13-5-6-14-29(28)50-47(46)53(42)43-22-12-18-33-37-25-35-31-16-8-10-20-39(31)52(3,4)41(35)27-45(37)55(50)49(33)43/h5-27H,1-4H3. The maximum atomic E-state index is 2.67. The Kier molecular flexibility index (Phi) is 4.83. The van der Waals surface area contributed by atoms with Gasteiger partial charge in [-0.3, -0.25) is 0 Å². The van der Waals surface area contributed by atoms with Crippen LogP contribution in [-0.4, -0.2) is 15.8 Å². The number of aromatic nitrogens is 2. The number of benzene rings is 8. The van der Waals surface area contributed by atoms with Crippen LogP contribution in [0.25, 0.3) is 88.0 Å². The predicted molar refractivity (Wildman–Crippen MR) is 232 cm³/mol. The summed E-state index contributed by atoms with van der Waals surface area (Å²) >= 11 is 0. The van der Waals surface area contributed by atoms with Crippen molar-refractivity contribution in [3.63, 3.8) is 0 Å². The monoisotopic (exact) mass is 698 g/mol. The summed E-state index contributed by atoms with van der Waals surface area (Å²) in [4.78, 5) is 0. The van der Waals surface area contributed by atoms with Crippen molar-refractivity contribution in [2.24, 2.45) is 0 Å². The molecule has 3 heteroatoms. The molecule has 2 aliphatic carbocycles. The van der Waals surface area contributed by atoms with Crippen LogP contribution in [0.2, 0.25) is 0 Å². The molecule has 2 nitrogen and oxygen atoms in total. The van der Waals surface area contributed by atoms with Crippen molar-refractivity contribution < 1.29 is 0 Å². The van der Waals surface area contributed by atoms with Crippen LogP contribution in [0.15, 0.2) is 140 Å². The van der Waals surface area contributed by atoms with E-state index in [-0.39, 0.29) is 17.5 Å². The van der Waals surface area contributed by atoms with E-state index in [2.05, 4.69) is 176 Å². The largest absolute Gasteiger partial charge is 0.310 e. The third-order valence-corrected chi connectivity index (χ3v) is 14.5. The molecule has 14 rings (SSSR count). The topological polar surface area (TPSA) is 9.86 Å². The Labute approximate surface area is 319 Å². The molecule has 0 saturated heterocycles. The Morgan fingerprint density at radius 2 is 0.927 bits per heavy atom. The lowest BCUT2D eigenvalue weighted by Gasteiger charge is -2.34. The van der Waals surface area contributed by atoms with Crippen molar-refractivity contribution in [1.29, 1.82) is 0 Å². The fraction of sp³-hybridized carbons (Fsp3) is 0.115. The summed E-state index contributed by atoms with van der Waals surface area (Å²) in [7, 11) is 0. The van der Waals surface area contributed by atoms with Gasteiger partial charge in [0.1, 0.15) is 0 Å². The van der Waals surface area contributed by atoms with Crippen LogP contribution in [0.3, 0.4) is 0 Å².